The number of hydrogen-bond donors (Lipinski definition) is 0. The largest absolute Gasteiger partial charge is 0.456 e. The third-order valence-electron chi connectivity index (χ3n) is 12.1. The fourth-order valence-electron chi connectivity index (χ4n) is 9.19. The van der Waals surface area contributed by atoms with E-state index in [-0.39, 0.29) is 0 Å². The molecule has 10 aromatic carbocycles. The van der Waals surface area contributed by atoms with Crippen molar-refractivity contribution in [3.8, 4) is 39.1 Å². The van der Waals surface area contributed by atoms with E-state index in [0.29, 0.717) is 0 Å². The van der Waals surface area contributed by atoms with E-state index in [2.05, 4.69) is 228 Å². The Hall–Kier alpha value is -8.14. The number of aromatic nitrogens is 1. The molecule has 2 aromatic heterocycles. The Labute approximate surface area is 353 Å². The zero-order valence-electron chi connectivity index (χ0n) is 33.2. The Bertz CT molecular complexity index is 3540. The van der Waals surface area contributed by atoms with Crippen molar-refractivity contribution in [2.24, 2.45) is 0 Å². The van der Waals surface area contributed by atoms with Gasteiger partial charge >= 0.3 is 0 Å². The fourth-order valence-corrected chi connectivity index (χ4v) is 9.19. The molecule has 286 valence electrons. The van der Waals surface area contributed by atoms with Crippen molar-refractivity contribution in [1.82, 2.24) is 4.57 Å². The first kappa shape index (κ1) is 34.9. The van der Waals surface area contributed by atoms with E-state index in [0.717, 1.165) is 78.1 Å². The molecule has 2 heterocycles. The first-order chi connectivity index (χ1) is 30.2. The quantitative estimate of drug-likeness (QED) is 0.161. The van der Waals surface area contributed by atoms with Crippen LogP contribution in [0.3, 0.4) is 0 Å². The Kier molecular flexibility index (Phi) is 8.17. The first-order valence-electron chi connectivity index (χ1n) is 20.8. The molecule has 0 N–H and O–H groups in total. The highest BCUT2D eigenvalue weighted by atomic mass is 16.3. The molecule has 12 aromatic rings. The van der Waals surface area contributed by atoms with Crippen LogP contribution < -0.4 is 4.90 Å². The molecular formula is C58H38N2O. The molecule has 0 saturated heterocycles. The second-order valence-corrected chi connectivity index (χ2v) is 15.8. The van der Waals surface area contributed by atoms with Gasteiger partial charge in [-0.25, -0.2) is 0 Å². The molecule has 0 saturated carbocycles. The van der Waals surface area contributed by atoms with E-state index >= 15 is 0 Å². The van der Waals surface area contributed by atoms with Crippen LogP contribution in [0.15, 0.2) is 235 Å². The highest BCUT2D eigenvalue weighted by Gasteiger charge is 2.17. The summed E-state index contributed by atoms with van der Waals surface area (Å²) in [6.07, 6.45) is 0. The van der Waals surface area contributed by atoms with Gasteiger partial charge < -0.3 is 13.9 Å². The van der Waals surface area contributed by atoms with Gasteiger partial charge in [-0.15, -0.1) is 0 Å². The highest BCUT2D eigenvalue weighted by Crippen LogP contribution is 2.41. The molecule has 61 heavy (non-hydrogen) atoms. The lowest BCUT2D eigenvalue weighted by atomic mass is 9.92. The molecule has 3 nitrogen and oxygen atoms in total. The Morgan fingerprint density at radius 2 is 0.803 bits per heavy atom. The minimum absolute atomic E-state index is 0.890. The number of benzene rings is 10. The lowest BCUT2D eigenvalue weighted by molar-refractivity contribution is 0.669. The highest BCUT2D eigenvalue weighted by molar-refractivity contribution is 6.10. The molecule has 3 heteroatoms. The Morgan fingerprint density at radius 1 is 0.295 bits per heavy atom. The summed E-state index contributed by atoms with van der Waals surface area (Å²) < 4.78 is 8.79. The maximum absolute atomic E-state index is 6.40. The van der Waals surface area contributed by atoms with Gasteiger partial charge in [0.1, 0.15) is 11.2 Å². The van der Waals surface area contributed by atoms with Crippen LogP contribution >= 0.6 is 0 Å². The van der Waals surface area contributed by atoms with Crippen molar-refractivity contribution in [1.29, 1.82) is 0 Å². The van der Waals surface area contributed by atoms with Gasteiger partial charge in [0.05, 0.1) is 11.0 Å². The number of rotatable bonds is 7. The lowest BCUT2D eigenvalue weighted by Crippen LogP contribution is -2.09. The summed E-state index contributed by atoms with van der Waals surface area (Å²) in [6.45, 7) is 0. The topological polar surface area (TPSA) is 21.3 Å². The van der Waals surface area contributed by atoms with Gasteiger partial charge in [0, 0.05) is 44.3 Å². The van der Waals surface area contributed by atoms with E-state index in [1.807, 2.05) is 12.1 Å². The van der Waals surface area contributed by atoms with Gasteiger partial charge in [-0.3, -0.25) is 0 Å². The standard InChI is InChI=1S/C58H38N2O/c1-4-14-47(15-5-1)59(48-16-6-2-7-17-48)50-29-26-39-32-40(24-25-41(39)36-50)44-33-45(35-46(34-44)43-28-31-54-53-21-11-13-23-57(53)61-58(54)38-43)42-27-30-52-51-20-10-12-22-55(51)60(56(52)37-42)49-18-8-3-9-19-49/h1-38H. The van der Waals surface area contributed by atoms with Crippen molar-refractivity contribution in [3.05, 3.63) is 231 Å². The predicted octanol–water partition coefficient (Wildman–Crippen LogP) is 16.3. The third-order valence-corrected chi connectivity index (χ3v) is 12.1. The summed E-state index contributed by atoms with van der Waals surface area (Å²) in [4.78, 5) is 2.32. The number of hydrogen-bond acceptors (Lipinski definition) is 2. The molecule has 0 aliphatic rings. The van der Waals surface area contributed by atoms with Gasteiger partial charge in [-0.1, -0.05) is 127 Å². The van der Waals surface area contributed by atoms with Crippen LogP contribution in [0.25, 0.3) is 93.6 Å². The molecule has 12 rings (SSSR count). The molecule has 0 amide bonds. The smallest absolute Gasteiger partial charge is 0.136 e. The molecule has 0 spiro atoms. The van der Waals surface area contributed by atoms with Crippen molar-refractivity contribution in [2.75, 3.05) is 4.90 Å². The second-order valence-electron chi connectivity index (χ2n) is 15.8. The van der Waals surface area contributed by atoms with Crippen molar-refractivity contribution < 1.29 is 4.42 Å². The normalized spacial score (nSPS) is 11.6. The van der Waals surface area contributed by atoms with Crippen LogP contribution in [-0.2, 0) is 0 Å². The first-order valence-corrected chi connectivity index (χ1v) is 20.8. The lowest BCUT2D eigenvalue weighted by Gasteiger charge is -2.25. The SMILES string of the molecule is c1ccc(N(c2ccccc2)c2ccc3cc(-c4cc(-c5ccc6c(c5)oc5ccccc56)cc(-c5ccc6c7ccccc7n(-c7ccccc7)c6c5)c4)ccc3c2)cc1. The summed E-state index contributed by atoms with van der Waals surface area (Å²) in [5.74, 6) is 0. The molecule has 0 bridgehead atoms. The van der Waals surface area contributed by atoms with Crippen molar-refractivity contribution in [2.45, 2.75) is 0 Å². The number of fused-ring (bicyclic) bond motifs is 7. The minimum atomic E-state index is 0.890. The second kappa shape index (κ2) is 14.3. The summed E-state index contributed by atoms with van der Waals surface area (Å²) in [7, 11) is 0. The van der Waals surface area contributed by atoms with Crippen LogP contribution in [-0.4, -0.2) is 4.57 Å². The molecule has 0 radical (unpaired) electrons. The number of nitrogens with zero attached hydrogens (tertiary/aromatic N) is 2. The number of furan rings is 1. The maximum Gasteiger partial charge on any atom is 0.136 e. The fraction of sp³-hybridized carbons (Fsp3) is 0. The van der Waals surface area contributed by atoms with Gasteiger partial charge in [-0.2, -0.15) is 0 Å². The molecule has 0 aliphatic heterocycles. The zero-order valence-corrected chi connectivity index (χ0v) is 33.2. The average Bonchev–Trinajstić information content (AvgIpc) is 3.87. The monoisotopic (exact) mass is 778 g/mol. The molecular weight excluding hydrogens is 741 g/mol. The Morgan fingerprint density at radius 3 is 1.52 bits per heavy atom. The average molecular weight is 779 g/mol. The number of anilines is 3. The van der Waals surface area contributed by atoms with Crippen LogP contribution in [0.1, 0.15) is 0 Å². The van der Waals surface area contributed by atoms with Crippen LogP contribution in [0.2, 0.25) is 0 Å². The van der Waals surface area contributed by atoms with Crippen molar-refractivity contribution >= 4 is 71.6 Å². The summed E-state index contributed by atoms with van der Waals surface area (Å²) in [5, 5.41) is 7.12. The summed E-state index contributed by atoms with van der Waals surface area (Å²) >= 11 is 0. The minimum Gasteiger partial charge on any atom is -0.456 e. The van der Waals surface area contributed by atoms with E-state index in [9.17, 15) is 0 Å². The van der Waals surface area contributed by atoms with Crippen LogP contribution in [0.5, 0.6) is 0 Å². The Balaban J connectivity index is 1.02. The molecule has 0 unspecified atom stereocenters. The summed E-state index contributed by atoms with van der Waals surface area (Å²) in [5.41, 5.74) is 15.6. The maximum atomic E-state index is 6.40. The van der Waals surface area contributed by atoms with Crippen LogP contribution in [0.4, 0.5) is 17.1 Å². The van der Waals surface area contributed by atoms with Gasteiger partial charge in [0.25, 0.3) is 0 Å². The molecule has 0 atom stereocenters. The molecule has 0 fully saturated rings. The van der Waals surface area contributed by atoms with E-state index in [1.54, 1.807) is 0 Å². The van der Waals surface area contributed by atoms with Gasteiger partial charge in [-0.05, 0) is 147 Å². The molecule has 0 aliphatic carbocycles. The van der Waals surface area contributed by atoms with Crippen LogP contribution in [0, 0.1) is 0 Å². The van der Waals surface area contributed by atoms with E-state index < -0.39 is 0 Å². The summed E-state index contributed by atoms with van der Waals surface area (Å²) in [6, 6.07) is 83.0. The number of para-hydroxylation sites is 5. The van der Waals surface area contributed by atoms with Crippen molar-refractivity contribution in [3.63, 3.8) is 0 Å². The third kappa shape index (κ3) is 6.06. The predicted molar refractivity (Wildman–Crippen MR) is 257 cm³/mol. The van der Waals surface area contributed by atoms with E-state index in [4.69, 9.17) is 4.42 Å². The van der Waals surface area contributed by atoms with Gasteiger partial charge in [0.2, 0.25) is 0 Å². The zero-order chi connectivity index (χ0) is 40.3. The van der Waals surface area contributed by atoms with E-state index in [1.165, 1.54) is 32.6 Å². The van der Waals surface area contributed by atoms with Gasteiger partial charge in [0.15, 0.2) is 0 Å².